The van der Waals surface area contributed by atoms with Crippen molar-refractivity contribution in [3.05, 3.63) is 62.4 Å². The molecule has 146 valence electrons. The molecule has 0 saturated carbocycles. The van der Waals surface area contributed by atoms with Gasteiger partial charge in [0, 0.05) is 17.8 Å². The molecule has 3 aromatic carbocycles. The smallest absolute Gasteiger partial charge is 0.250 e. The number of anilines is 2. The van der Waals surface area contributed by atoms with E-state index in [4.69, 9.17) is 14.2 Å². The summed E-state index contributed by atoms with van der Waals surface area (Å²) in [5.74, 6) is 1.74. The molecule has 6 nitrogen and oxygen atoms in total. The van der Waals surface area contributed by atoms with E-state index in [9.17, 15) is 9.59 Å². The summed E-state index contributed by atoms with van der Waals surface area (Å²) >= 11 is 0. The Morgan fingerprint density at radius 3 is 1.86 bits per heavy atom. The Balaban J connectivity index is 2.00. The van der Waals surface area contributed by atoms with Gasteiger partial charge in [0.15, 0.2) is 11.5 Å². The molecule has 0 radical (unpaired) electrons. The van der Waals surface area contributed by atoms with Crippen LogP contribution in [0.3, 0.4) is 0 Å². The molecule has 0 aliphatic rings. The highest BCUT2D eigenvalue weighted by Gasteiger charge is 2.23. The van der Waals surface area contributed by atoms with Gasteiger partial charge in [-0.2, -0.15) is 0 Å². The number of hydrogen-bond donors (Lipinski definition) is 1. The molecule has 3 aromatic rings. The molecule has 0 atom stereocenters. The molecule has 0 aliphatic heterocycles. The second-order valence-electron chi connectivity index (χ2n) is 6.72. The maximum atomic E-state index is 12.2. The van der Waals surface area contributed by atoms with Crippen molar-refractivity contribution in [1.29, 1.82) is 0 Å². The summed E-state index contributed by atoms with van der Waals surface area (Å²) in [6, 6.07) is 11.0. The minimum atomic E-state index is -0.545. The molecular weight excluding hydrogens is 358 g/mol. The fraction of sp³-hybridized carbons (Fsp3) is 0.273. The first-order valence-corrected chi connectivity index (χ1v) is 8.91. The van der Waals surface area contributed by atoms with Gasteiger partial charge in [0.25, 0.3) is 5.43 Å². The first-order valence-electron chi connectivity index (χ1n) is 8.91. The summed E-state index contributed by atoms with van der Waals surface area (Å²) < 4.78 is 16.0. The number of rotatable bonds is 7. The van der Waals surface area contributed by atoms with E-state index in [0.29, 0.717) is 40.0 Å². The summed E-state index contributed by atoms with van der Waals surface area (Å²) in [6.07, 6.45) is 0. The molecule has 0 saturated heterocycles. The Morgan fingerprint density at radius 2 is 1.39 bits per heavy atom. The van der Waals surface area contributed by atoms with Gasteiger partial charge in [0.05, 0.1) is 26.9 Å². The zero-order valence-corrected chi connectivity index (χ0v) is 16.6. The second kappa shape index (κ2) is 7.76. The van der Waals surface area contributed by atoms with E-state index in [0.717, 1.165) is 0 Å². The van der Waals surface area contributed by atoms with Crippen molar-refractivity contribution in [2.24, 2.45) is 0 Å². The van der Waals surface area contributed by atoms with E-state index < -0.39 is 10.9 Å². The summed E-state index contributed by atoms with van der Waals surface area (Å²) in [5.41, 5.74) is 2.04. The van der Waals surface area contributed by atoms with Crippen molar-refractivity contribution in [2.45, 2.75) is 19.8 Å². The number of benzene rings is 2. The van der Waals surface area contributed by atoms with Gasteiger partial charge in [-0.15, -0.1) is 0 Å². The Kier molecular flexibility index (Phi) is 5.40. The van der Waals surface area contributed by atoms with Gasteiger partial charge in [0.2, 0.25) is 11.2 Å². The van der Waals surface area contributed by atoms with Crippen molar-refractivity contribution in [3.8, 4) is 28.4 Å². The largest absolute Gasteiger partial charge is 0.493 e. The maximum absolute atomic E-state index is 12.2. The molecule has 0 aromatic heterocycles. The van der Waals surface area contributed by atoms with Crippen LogP contribution >= 0.6 is 0 Å². The van der Waals surface area contributed by atoms with Gasteiger partial charge in [-0.3, -0.25) is 9.59 Å². The fourth-order valence-corrected chi connectivity index (χ4v) is 3.12. The van der Waals surface area contributed by atoms with Crippen LogP contribution in [0.25, 0.3) is 11.1 Å². The van der Waals surface area contributed by atoms with Crippen LogP contribution in [0.4, 0.5) is 11.4 Å². The van der Waals surface area contributed by atoms with E-state index in [2.05, 4.69) is 19.2 Å². The van der Waals surface area contributed by atoms with E-state index in [1.54, 1.807) is 12.1 Å². The standard InChI is InChI=1S/C22H23NO5/c1-12(2)13-6-8-14(9-7-13)18-19(21(25)20(18)24)23-15-10-16(26-3)22(28-5)17(11-15)27-4/h6-12,23H,1-5H3. The average molecular weight is 381 g/mol. The summed E-state index contributed by atoms with van der Waals surface area (Å²) in [5, 5.41) is 3.04. The van der Waals surface area contributed by atoms with E-state index >= 15 is 0 Å². The zero-order chi connectivity index (χ0) is 20.4. The van der Waals surface area contributed by atoms with Crippen LogP contribution < -0.4 is 30.4 Å². The van der Waals surface area contributed by atoms with Crippen LogP contribution in [0.2, 0.25) is 0 Å². The lowest BCUT2D eigenvalue weighted by Crippen LogP contribution is -2.35. The van der Waals surface area contributed by atoms with E-state index in [1.807, 2.05) is 24.3 Å². The SMILES string of the molecule is COc1cc(Nc2c(-c3ccc(C(C)C)cc3)c(=O)c2=O)cc(OC)c1OC. The molecular formula is C22H23NO5. The fourth-order valence-electron chi connectivity index (χ4n) is 3.12. The molecule has 0 spiro atoms. The lowest BCUT2D eigenvalue weighted by atomic mass is 9.95. The van der Waals surface area contributed by atoms with Gasteiger partial charge in [-0.05, 0) is 17.0 Å². The van der Waals surface area contributed by atoms with Gasteiger partial charge in [0.1, 0.15) is 5.69 Å². The minimum absolute atomic E-state index is 0.261. The topological polar surface area (TPSA) is 73.9 Å². The second-order valence-corrected chi connectivity index (χ2v) is 6.72. The molecule has 0 amide bonds. The number of nitrogens with one attached hydrogen (secondary N) is 1. The van der Waals surface area contributed by atoms with Crippen molar-refractivity contribution in [1.82, 2.24) is 0 Å². The summed E-state index contributed by atoms with van der Waals surface area (Å²) in [4.78, 5) is 24.4. The van der Waals surface area contributed by atoms with E-state index in [-0.39, 0.29) is 5.69 Å². The molecule has 1 N–H and O–H groups in total. The predicted molar refractivity (Wildman–Crippen MR) is 110 cm³/mol. The zero-order valence-electron chi connectivity index (χ0n) is 16.6. The first kappa shape index (κ1) is 19.5. The van der Waals surface area contributed by atoms with Crippen LogP contribution in [0.5, 0.6) is 17.2 Å². The van der Waals surface area contributed by atoms with Crippen LogP contribution in [-0.4, -0.2) is 21.3 Å². The highest BCUT2D eigenvalue weighted by molar-refractivity contribution is 5.85. The monoisotopic (exact) mass is 381 g/mol. The van der Waals surface area contributed by atoms with E-state index in [1.165, 1.54) is 26.9 Å². The third kappa shape index (κ3) is 3.33. The van der Waals surface area contributed by atoms with Gasteiger partial charge >= 0.3 is 0 Å². The number of hydrogen-bond acceptors (Lipinski definition) is 6. The van der Waals surface area contributed by atoms with Crippen LogP contribution in [0.15, 0.2) is 46.0 Å². The first-order chi connectivity index (χ1) is 13.4. The third-order valence-corrected chi connectivity index (χ3v) is 4.71. The van der Waals surface area contributed by atoms with Crippen LogP contribution in [0.1, 0.15) is 25.3 Å². The Hall–Kier alpha value is -3.28. The summed E-state index contributed by atoms with van der Waals surface area (Å²) in [6.45, 7) is 4.20. The van der Waals surface area contributed by atoms with Gasteiger partial charge in [-0.25, -0.2) is 0 Å². The van der Waals surface area contributed by atoms with Gasteiger partial charge in [-0.1, -0.05) is 38.1 Å². The maximum Gasteiger partial charge on any atom is 0.250 e. The van der Waals surface area contributed by atoms with Crippen molar-refractivity contribution >= 4 is 11.4 Å². The highest BCUT2D eigenvalue weighted by Crippen LogP contribution is 2.41. The summed E-state index contributed by atoms with van der Waals surface area (Å²) in [7, 11) is 4.54. The minimum Gasteiger partial charge on any atom is -0.493 e. The molecule has 0 fully saturated rings. The highest BCUT2D eigenvalue weighted by atomic mass is 16.5. The lowest BCUT2D eigenvalue weighted by molar-refractivity contribution is 0.324. The number of methoxy groups -OCH3 is 3. The molecule has 3 rings (SSSR count). The van der Waals surface area contributed by atoms with Crippen LogP contribution in [0, 0.1) is 0 Å². The normalized spacial score (nSPS) is 10.9. The van der Waals surface area contributed by atoms with Crippen molar-refractivity contribution in [2.75, 3.05) is 26.6 Å². The van der Waals surface area contributed by atoms with Crippen molar-refractivity contribution in [3.63, 3.8) is 0 Å². The van der Waals surface area contributed by atoms with Crippen molar-refractivity contribution < 1.29 is 14.2 Å². The molecule has 6 heteroatoms. The average Bonchev–Trinajstić information content (AvgIpc) is 2.72. The lowest BCUT2D eigenvalue weighted by Gasteiger charge is -2.17. The van der Waals surface area contributed by atoms with Gasteiger partial charge < -0.3 is 19.5 Å². The molecule has 0 unspecified atom stereocenters. The van der Waals surface area contributed by atoms with Crippen LogP contribution in [-0.2, 0) is 0 Å². The number of ether oxygens (including phenoxy) is 3. The third-order valence-electron chi connectivity index (χ3n) is 4.71. The Labute approximate surface area is 163 Å². The molecule has 0 heterocycles. The molecule has 0 aliphatic carbocycles. The molecule has 0 bridgehead atoms. The predicted octanol–water partition coefficient (Wildman–Crippen LogP) is 3.84. The Bertz CT molecular complexity index is 1030. The Morgan fingerprint density at radius 1 is 0.821 bits per heavy atom. The quantitative estimate of drug-likeness (QED) is 0.627. The molecule has 28 heavy (non-hydrogen) atoms.